The van der Waals surface area contributed by atoms with Crippen LogP contribution >= 0.6 is 11.8 Å². The predicted molar refractivity (Wildman–Crippen MR) is 68.6 cm³/mol. The van der Waals surface area contributed by atoms with Crippen molar-refractivity contribution in [2.75, 3.05) is 5.75 Å². The van der Waals surface area contributed by atoms with E-state index in [4.69, 9.17) is 5.73 Å². The maximum Gasteiger partial charge on any atom is 0.0319 e. The van der Waals surface area contributed by atoms with Gasteiger partial charge in [-0.3, -0.25) is 0 Å². The molecular formula is C12H25NS. The van der Waals surface area contributed by atoms with Crippen LogP contribution in [0.25, 0.3) is 0 Å². The fourth-order valence-electron chi connectivity index (χ4n) is 1.32. The van der Waals surface area contributed by atoms with E-state index < -0.39 is 0 Å². The normalized spacial score (nSPS) is 15.4. The van der Waals surface area contributed by atoms with Gasteiger partial charge in [0.2, 0.25) is 0 Å². The second-order valence-corrected chi connectivity index (χ2v) is 6.63. The van der Waals surface area contributed by atoms with Gasteiger partial charge < -0.3 is 5.73 Å². The highest BCUT2D eigenvalue weighted by Gasteiger charge is 2.25. The van der Waals surface area contributed by atoms with E-state index in [1.807, 2.05) is 11.8 Å². The van der Waals surface area contributed by atoms with Gasteiger partial charge in [-0.2, -0.15) is 0 Å². The van der Waals surface area contributed by atoms with Gasteiger partial charge in [-0.1, -0.05) is 27.7 Å². The van der Waals surface area contributed by atoms with Crippen molar-refractivity contribution >= 4 is 11.8 Å². The van der Waals surface area contributed by atoms with Crippen molar-refractivity contribution in [1.82, 2.24) is 0 Å². The molecule has 0 aliphatic carbocycles. The Kier molecular flexibility index (Phi) is 4.73. The van der Waals surface area contributed by atoms with E-state index in [2.05, 4.69) is 48.5 Å². The first-order valence-electron chi connectivity index (χ1n) is 5.24. The van der Waals surface area contributed by atoms with Crippen molar-refractivity contribution in [3.8, 4) is 0 Å². The zero-order valence-electron chi connectivity index (χ0n) is 10.7. The Morgan fingerprint density at radius 3 is 1.79 bits per heavy atom. The first-order chi connectivity index (χ1) is 6.10. The standard InChI is InChI=1S/C12H25NS/c1-8-14-10(11(3,4)5)9(2)12(6,7)13/h8,13H2,1-7H3/b10-9-. The molecule has 0 spiro atoms. The number of nitrogens with two attached hydrogens (primary N) is 1. The molecule has 0 fully saturated rings. The third kappa shape index (κ3) is 4.05. The van der Waals surface area contributed by atoms with E-state index in [9.17, 15) is 0 Å². The molecule has 0 radical (unpaired) electrons. The molecule has 0 aromatic carbocycles. The van der Waals surface area contributed by atoms with Crippen LogP contribution < -0.4 is 5.73 Å². The molecule has 2 heteroatoms. The number of hydrogen-bond donors (Lipinski definition) is 1. The molecule has 0 aliphatic heterocycles. The molecule has 0 aromatic heterocycles. The van der Waals surface area contributed by atoms with Crippen molar-refractivity contribution in [1.29, 1.82) is 0 Å². The van der Waals surface area contributed by atoms with Gasteiger partial charge in [-0.05, 0) is 42.4 Å². The molecule has 0 heterocycles. The molecule has 0 bridgehead atoms. The Balaban J connectivity index is 5.17. The van der Waals surface area contributed by atoms with Gasteiger partial charge in [0, 0.05) is 5.54 Å². The number of hydrogen-bond acceptors (Lipinski definition) is 2. The SMILES string of the molecule is CCS/C(=C(/C)C(C)(C)N)C(C)(C)C. The molecule has 0 saturated carbocycles. The quantitative estimate of drug-likeness (QED) is 0.775. The van der Waals surface area contributed by atoms with Gasteiger partial charge in [0.1, 0.15) is 0 Å². The minimum Gasteiger partial charge on any atom is -0.322 e. The lowest BCUT2D eigenvalue weighted by Gasteiger charge is -2.30. The molecule has 14 heavy (non-hydrogen) atoms. The molecule has 0 aromatic rings. The first-order valence-corrected chi connectivity index (χ1v) is 6.22. The fourth-order valence-corrected chi connectivity index (χ4v) is 2.53. The molecule has 0 rings (SSSR count). The predicted octanol–water partition coefficient (Wildman–Crippen LogP) is 3.80. The molecule has 0 unspecified atom stereocenters. The highest BCUT2D eigenvalue weighted by molar-refractivity contribution is 8.03. The lowest BCUT2D eigenvalue weighted by Crippen LogP contribution is -2.35. The van der Waals surface area contributed by atoms with E-state index in [1.54, 1.807) is 0 Å². The maximum absolute atomic E-state index is 6.14. The zero-order chi connectivity index (χ0) is 11.6. The summed E-state index contributed by atoms with van der Waals surface area (Å²) in [5, 5.41) is 0. The summed E-state index contributed by atoms with van der Waals surface area (Å²) >= 11 is 1.92. The van der Waals surface area contributed by atoms with Gasteiger partial charge in [-0.15, -0.1) is 11.8 Å². The van der Waals surface area contributed by atoms with Crippen LogP contribution in [0.3, 0.4) is 0 Å². The summed E-state index contributed by atoms with van der Waals surface area (Å²) in [5.41, 5.74) is 7.46. The van der Waals surface area contributed by atoms with Crippen LogP contribution in [-0.2, 0) is 0 Å². The second kappa shape index (κ2) is 4.71. The van der Waals surface area contributed by atoms with Crippen molar-refractivity contribution in [2.45, 2.75) is 54.0 Å². The van der Waals surface area contributed by atoms with Crippen LogP contribution in [0.5, 0.6) is 0 Å². The van der Waals surface area contributed by atoms with E-state index >= 15 is 0 Å². The van der Waals surface area contributed by atoms with Crippen molar-refractivity contribution < 1.29 is 0 Å². The number of allylic oxidation sites excluding steroid dienone is 1. The minimum atomic E-state index is -0.204. The largest absolute Gasteiger partial charge is 0.322 e. The van der Waals surface area contributed by atoms with Crippen LogP contribution in [0.2, 0.25) is 0 Å². The first kappa shape index (κ1) is 14.1. The average molecular weight is 215 g/mol. The van der Waals surface area contributed by atoms with Crippen molar-refractivity contribution in [2.24, 2.45) is 11.1 Å². The Morgan fingerprint density at radius 2 is 1.57 bits per heavy atom. The molecule has 0 amide bonds. The Bertz CT molecular complexity index is 215. The summed E-state index contributed by atoms with van der Waals surface area (Å²) in [6, 6.07) is 0. The Labute approximate surface area is 93.5 Å². The highest BCUT2D eigenvalue weighted by atomic mass is 32.2. The summed E-state index contributed by atoms with van der Waals surface area (Å²) in [4.78, 5) is 1.44. The van der Waals surface area contributed by atoms with Crippen LogP contribution in [0.15, 0.2) is 10.5 Å². The van der Waals surface area contributed by atoms with Gasteiger partial charge >= 0.3 is 0 Å². The third-order valence-corrected chi connectivity index (χ3v) is 3.77. The number of rotatable bonds is 3. The summed E-state index contributed by atoms with van der Waals surface area (Å²) in [6.45, 7) is 15.2. The van der Waals surface area contributed by atoms with Crippen LogP contribution in [0.4, 0.5) is 0 Å². The zero-order valence-corrected chi connectivity index (χ0v) is 11.5. The monoisotopic (exact) mass is 215 g/mol. The van der Waals surface area contributed by atoms with E-state index in [1.165, 1.54) is 10.5 Å². The molecule has 0 aliphatic rings. The third-order valence-electron chi connectivity index (χ3n) is 2.28. The molecule has 1 nitrogen and oxygen atoms in total. The fraction of sp³-hybridized carbons (Fsp3) is 0.833. The summed E-state index contributed by atoms with van der Waals surface area (Å²) in [6.07, 6.45) is 0. The summed E-state index contributed by atoms with van der Waals surface area (Å²) < 4.78 is 0. The van der Waals surface area contributed by atoms with Crippen LogP contribution in [-0.4, -0.2) is 11.3 Å². The van der Waals surface area contributed by atoms with Crippen LogP contribution in [0.1, 0.15) is 48.5 Å². The summed E-state index contributed by atoms with van der Waals surface area (Å²) in [5.74, 6) is 1.11. The Morgan fingerprint density at radius 1 is 1.14 bits per heavy atom. The minimum absolute atomic E-state index is 0.204. The van der Waals surface area contributed by atoms with Gasteiger partial charge in [0.25, 0.3) is 0 Å². The topological polar surface area (TPSA) is 26.0 Å². The van der Waals surface area contributed by atoms with E-state index in [0.717, 1.165) is 5.75 Å². The molecule has 0 saturated heterocycles. The van der Waals surface area contributed by atoms with E-state index in [-0.39, 0.29) is 11.0 Å². The van der Waals surface area contributed by atoms with Crippen LogP contribution in [0, 0.1) is 5.41 Å². The lowest BCUT2D eigenvalue weighted by atomic mass is 9.87. The molecule has 0 atom stereocenters. The maximum atomic E-state index is 6.14. The van der Waals surface area contributed by atoms with E-state index in [0.29, 0.717) is 0 Å². The Hall–Kier alpha value is 0.0500. The molecule has 2 N–H and O–H groups in total. The lowest BCUT2D eigenvalue weighted by molar-refractivity contribution is 0.506. The van der Waals surface area contributed by atoms with Gasteiger partial charge in [0.15, 0.2) is 0 Å². The molecule has 84 valence electrons. The number of thioether (sulfide) groups is 1. The van der Waals surface area contributed by atoms with Crippen molar-refractivity contribution in [3.63, 3.8) is 0 Å². The smallest absolute Gasteiger partial charge is 0.0319 e. The van der Waals surface area contributed by atoms with Gasteiger partial charge in [0.05, 0.1) is 0 Å². The highest BCUT2D eigenvalue weighted by Crippen LogP contribution is 2.39. The summed E-state index contributed by atoms with van der Waals surface area (Å²) in [7, 11) is 0. The average Bonchev–Trinajstić information content (AvgIpc) is 1.94. The van der Waals surface area contributed by atoms with Gasteiger partial charge in [-0.25, -0.2) is 0 Å². The second-order valence-electron chi connectivity index (χ2n) is 5.36. The van der Waals surface area contributed by atoms with Crippen molar-refractivity contribution in [3.05, 3.63) is 10.5 Å². The molecular weight excluding hydrogens is 190 g/mol.